The molecule has 8 heteroatoms. The Morgan fingerprint density at radius 2 is 1.88 bits per heavy atom. The van der Waals surface area contributed by atoms with Crippen LogP contribution in [0.1, 0.15) is 16.2 Å². The molecule has 0 saturated carbocycles. The summed E-state index contributed by atoms with van der Waals surface area (Å²) in [6.07, 6.45) is 0. The number of benzene rings is 2. The van der Waals surface area contributed by atoms with Crippen LogP contribution in [0.3, 0.4) is 0 Å². The van der Waals surface area contributed by atoms with Crippen molar-refractivity contribution in [2.24, 2.45) is 0 Å². The largest absolute Gasteiger partial charge is 0.496 e. The van der Waals surface area contributed by atoms with E-state index in [-0.39, 0.29) is 18.1 Å². The number of rotatable bonds is 6. The van der Waals surface area contributed by atoms with Gasteiger partial charge in [0.15, 0.2) is 6.61 Å². The Bertz CT molecular complexity index is 925. The van der Waals surface area contributed by atoms with Crippen molar-refractivity contribution in [3.05, 3.63) is 58.9 Å². The summed E-state index contributed by atoms with van der Waals surface area (Å²) < 4.78 is 20.8. The van der Waals surface area contributed by atoms with Gasteiger partial charge in [-0.05, 0) is 30.3 Å². The number of carbonyl (C=O) groups excluding carboxylic acids is 1. The van der Waals surface area contributed by atoms with E-state index in [1.165, 1.54) is 13.2 Å². The van der Waals surface area contributed by atoms with E-state index in [0.717, 1.165) is 0 Å². The number of aromatic nitrogens is 2. The third kappa shape index (κ3) is 3.78. The van der Waals surface area contributed by atoms with Crippen molar-refractivity contribution >= 4 is 17.6 Å². The van der Waals surface area contributed by atoms with E-state index < -0.39 is 5.97 Å². The Morgan fingerprint density at radius 3 is 2.65 bits per heavy atom. The molecule has 0 fully saturated rings. The van der Waals surface area contributed by atoms with Crippen LogP contribution in [0.15, 0.2) is 47.0 Å². The summed E-state index contributed by atoms with van der Waals surface area (Å²) in [5.41, 5.74) is 0.886. The first-order valence-electron chi connectivity index (χ1n) is 7.59. The van der Waals surface area contributed by atoms with E-state index >= 15 is 0 Å². The highest BCUT2D eigenvalue weighted by Gasteiger charge is 2.17. The molecule has 0 N–H and O–H groups in total. The smallest absolute Gasteiger partial charge is 0.342 e. The number of carbonyl (C=O) groups is 1. The van der Waals surface area contributed by atoms with Gasteiger partial charge in [-0.15, -0.1) is 0 Å². The number of esters is 1. The number of ether oxygens (including phenoxy) is 3. The third-order valence-electron chi connectivity index (χ3n) is 3.52. The van der Waals surface area contributed by atoms with Crippen molar-refractivity contribution < 1.29 is 23.5 Å². The Morgan fingerprint density at radius 1 is 1.12 bits per heavy atom. The summed E-state index contributed by atoms with van der Waals surface area (Å²) in [5.74, 6) is 0.857. The van der Waals surface area contributed by atoms with Crippen LogP contribution in [0.5, 0.6) is 11.5 Å². The molecule has 0 aliphatic heterocycles. The lowest BCUT2D eigenvalue weighted by atomic mass is 10.2. The highest BCUT2D eigenvalue weighted by molar-refractivity contribution is 6.31. The summed E-state index contributed by atoms with van der Waals surface area (Å²) in [6, 6.07) is 11.9. The lowest BCUT2D eigenvalue weighted by molar-refractivity contribution is 0.0426. The molecule has 2 aromatic carbocycles. The minimum Gasteiger partial charge on any atom is -0.496 e. The fourth-order valence-corrected chi connectivity index (χ4v) is 2.47. The summed E-state index contributed by atoms with van der Waals surface area (Å²) in [4.78, 5) is 16.5. The molecule has 3 rings (SSSR count). The molecule has 0 bridgehead atoms. The van der Waals surface area contributed by atoms with E-state index in [1.54, 1.807) is 31.4 Å². The molecule has 0 radical (unpaired) electrons. The van der Waals surface area contributed by atoms with Gasteiger partial charge in [-0.2, -0.15) is 4.98 Å². The van der Waals surface area contributed by atoms with E-state index in [2.05, 4.69) is 10.1 Å². The Hall–Kier alpha value is -3.06. The molecule has 1 heterocycles. The van der Waals surface area contributed by atoms with Crippen LogP contribution in [-0.2, 0) is 11.3 Å². The van der Waals surface area contributed by atoms with Gasteiger partial charge in [-0.25, -0.2) is 4.79 Å². The Balaban J connectivity index is 1.72. The molecule has 3 aromatic rings. The summed E-state index contributed by atoms with van der Waals surface area (Å²) in [6.45, 7) is -0.184. The molecule has 1 aromatic heterocycles. The molecule has 0 amide bonds. The van der Waals surface area contributed by atoms with Crippen LogP contribution in [0.25, 0.3) is 11.4 Å². The SMILES string of the molecule is COc1ccc(Cl)cc1C(=O)OCc1nc(-c2ccccc2OC)no1. The van der Waals surface area contributed by atoms with Crippen LogP contribution in [0.4, 0.5) is 0 Å². The minimum atomic E-state index is -0.610. The Kier molecular flexibility index (Phi) is 5.38. The second-order valence-electron chi connectivity index (χ2n) is 5.13. The van der Waals surface area contributed by atoms with Gasteiger partial charge in [-0.3, -0.25) is 0 Å². The summed E-state index contributed by atoms with van der Waals surface area (Å²) >= 11 is 5.92. The molecule has 26 heavy (non-hydrogen) atoms. The normalized spacial score (nSPS) is 10.4. The van der Waals surface area contributed by atoms with E-state index in [9.17, 15) is 4.79 Å². The van der Waals surface area contributed by atoms with Gasteiger partial charge in [-0.1, -0.05) is 28.9 Å². The van der Waals surface area contributed by atoms with Gasteiger partial charge in [0.05, 0.1) is 19.8 Å². The zero-order chi connectivity index (χ0) is 18.5. The van der Waals surface area contributed by atoms with Crippen molar-refractivity contribution in [2.45, 2.75) is 6.61 Å². The molecule has 0 aliphatic carbocycles. The first-order valence-corrected chi connectivity index (χ1v) is 7.97. The maximum atomic E-state index is 12.3. The molecular weight excluding hydrogens is 360 g/mol. The van der Waals surface area contributed by atoms with Gasteiger partial charge in [0.25, 0.3) is 5.89 Å². The predicted octanol–water partition coefficient (Wildman–Crippen LogP) is 3.76. The highest BCUT2D eigenvalue weighted by atomic mass is 35.5. The molecule has 0 unspecified atom stereocenters. The van der Waals surface area contributed by atoms with E-state index in [4.69, 9.17) is 30.3 Å². The standard InChI is InChI=1S/C18H15ClN2O5/c1-23-14-6-4-3-5-12(14)17-20-16(26-21-17)10-25-18(22)13-9-11(19)7-8-15(13)24-2/h3-9H,10H2,1-2H3. The van der Waals surface area contributed by atoms with Crippen molar-refractivity contribution in [2.75, 3.05) is 14.2 Å². The zero-order valence-electron chi connectivity index (χ0n) is 14.1. The van der Waals surface area contributed by atoms with Crippen LogP contribution in [-0.4, -0.2) is 30.3 Å². The third-order valence-corrected chi connectivity index (χ3v) is 3.76. The van der Waals surface area contributed by atoms with Gasteiger partial charge in [0.1, 0.15) is 17.1 Å². The summed E-state index contributed by atoms with van der Waals surface area (Å²) in [5, 5.41) is 4.29. The van der Waals surface area contributed by atoms with Crippen molar-refractivity contribution in [1.29, 1.82) is 0 Å². The number of hydrogen-bond acceptors (Lipinski definition) is 7. The molecule has 134 valence electrons. The minimum absolute atomic E-state index is 0.153. The van der Waals surface area contributed by atoms with Crippen LogP contribution in [0, 0.1) is 0 Å². The lowest BCUT2D eigenvalue weighted by Crippen LogP contribution is -2.07. The maximum Gasteiger partial charge on any atom is 0.342 e. The quantitative estimate of drug-likeness (QED) is 0.607. The highest BCUT2D eigenvalue weighted by Crippen LogP contribution is 2.27. The number of nitrogens with zero attached hydrogens (tertiary/aromatic N) is 2. The molecule has 0 atom stereocenters. The van der Waals surface area contributed by atoms with Crippen LogP contribution < -0.4 is 9.47 Å². The number of methoxy groups -OCH3 is 2. The number of halogens is 1. The average molecular weight is 375 g/mol. The van der Waals surface area contributed by atoms with Gasteiger partial charge in [0.2, 0.25) is 5.82 Å². The van der Waals surface area contributed by atoms with Crippen molar-refractivity contribution in [1.82, 2.24) is 10.1 Å². The van der Waals surface area contributed by atoms with Gasteiger partial charge < -0.3 is 18.7 Å². The first kappa shape index (κ1) is 17.8. The van der Waals surface area contributed by atoms with Gasteiger partial charge >= 0.3 is 5.97 Å². The van der Waals surface area contributed by atoms with Gasteiger partial charge in [0, 0.05) is 5.02 Å². The van der Waals surface area contributed by atoms with Crippen molar-refractivity contribution in [3.63, 3.8) is 0 Å². The summed E-state index contributed by atoms with van der Waals surface area (Å²) in [7, 11) is 3.01. The number of para-hydroxylation sites is 1. The maximum absolute atomic E-state index is 12.3. The number of hydrogen-bond donors (Lipinski definition) is 0. The molecule has 0 saturated heterocycles. The van der Waals surface area contributed by atoms with Crippen LogP contribution >= 0.6 is 11.6 Å². The monoisotopic (exact) mass is 374 g/mol. The van der Waals surface area contributed by atoms with Crippen molar-refractivity contribution in [3.8, 4) is 22.9 Å². The molecule has 0 spiro atoms. The second-order valence-corrected chi connectivity index (χ2v) is 5.57. The second kappa shape index (κ2) is 7.88. The molecule has 0 aliphatic rings. The average Bonchev–Trinajstić information content (AvgIpc) is 3.14. The van der Waals surface area contributed by atoms with E-state index in [0.29, 0.717) is 27.9 Å². The zero-order valence-corrected chi connectivity index (χ0v) is 14.8. The molecular formula is C18H15ClN2O5. The Labute approximate surface area is 154 Å². The topological polar surface area (TPSA) is 83.7 Å². The fraction of sp³-hybridized carbons (Fsp3) is 0.167. The lowest BCUT2D eigenvalue weighted by Gasteiger charge is -2.07. The van der Waals surface area contributed by atoms with Crippen LogP contribution in [0.2, 0.25) is 5.02 Å². The fourth-order valence-electron chi connectivity index (χ4n) is 2.30. The predicted molar refractivity (Wildman–Crippen MR) is 93.4 cm³/mol. The first-order chi connectivity index (χ1) is 12.6. The van der Waals surface area contributed by atoms with E-state index in [1.807, 2.05) is 12.1 Å². The molecule has 7 nitrogen and oxygen atoms in total.